The third-order valence-electron chi connectivity index (χ3n) is 2.76. The Balaban J connectivity index is 1.72. The van der Waals surface area contributed by atoms with Crippen LogP contribution in [0.1, 0.15) is 23.2 Å². The number of nitrogen functional groups attached to an aromatic ring is 1. The SMILES string of the molecule is Cc1cc(C)cc(OCCCSc2sc(N)nc2C)c1. The number of thioether (sulfide) groups is 1. The third kappa shape index (κ3) is 4.42. The standard InChI is InChI=1S/C15H20N2OS2/c1-10-7-11(2)9-13(8-10)18-5-4-6-19-14-12(3)17-15(16)20-14/h7-9H,4-6H2,1-3H3,(H2,16,17). The molecule has 0 aliphatic heterocycles. The normalized spacial score (nSPS) is 10.8. The molecule has 20 heavy (non-hydrogen) atoms. The molecular weight excluding hydrogens is 288 g/mol. The maximum absolute atomic E-state index is 5.79. The van der Waals surface area contributed by atoms with Gasteiger partial charge in [-0.25, -0.2) is 4.98 Å². The lowest BCUT2D eigenvalue weighted by molar-refractivity contribution is 0.318. The Morgan fingerprint density at radius 1 is 1.20 bits per heavy atom. The molecule has 0 fully saturated rings. The van der Waals surface area contributed by atoms with Crippen LogP contribution in [0.4, 0.5) is 5.13 Å². The number of hydrogen-bond acceptors (Lipinski definition) is 5. The zero-order chi connectivity index (χ0) is 14.5. The average Bonchev–Trinajstić information content (AvgIpc) is 2.66. The highest BCUT2D eigenvalue weighted by Gasteiger charge is 2.05. The van der Waals surface area contributed by atoms with Gasteiger partial charge >= 0.3 is 0 Å². The van der Waals surface area contributed by atoms with Gasteiger partial charge in [-0.05, 0) is 50.5 Å². The van der Waals surface area contributed by atoms with Crippen molar-refractivity contribution >= 4 is 28.2 Å². The maximum Gasteiger partial charge on any atom is 0.181 e. The summed E-state index contributed by atoms with van der Waals surface area (Å²) in [6.45, 7) is 6.92. The van der Waals surface area contributed by atoms with Gasteiger partial charge in [0.25, 0.3) is 0 Å². The lowest BCUT2D eigenvalue weighted by atomic mass is 10.1. The van der Waals surface area contributed by atoms with E-state index in [4.69, 9.17) is 10.5 Å². The Morgan fingerprint density at radius 2 is 1.90 bits per heavy atom. The summed E-state index contributed by atoms with van der Waals surface area (Å²) in [7, 11) is 0. The Labute approximate surface area is 128 Å². The number of nitrogens with two attached hydrogens (primary N) is 1. The number of aryl methyl sites for hydroxylation is 3. The summed E-state index contributed by atoms with van der Waals surface area (Å²) in [4.78, 5) is 4.22. The Hall–Kier alpha value is -1.20. The van der Waals surface area contributed by atoms with Crippen molar-refractivity contribution in [2.75, 3.05) is 18.1 Å². The molecule has 0 spiro atoms. The smallest absolute Gasteiger partial charge is 0.181 e. The average molecular weight is 308 g/mol. The van der Waals surface area contributed by atoms with Crippen molar-refractivity contribution in [1.82, 2.24) is 4.98 Å². The molecule has 0 aliphatic carbocycles. The molecular formula is C15H20N2OS2. The Morgan fingerprint density at radius 3 is 2.50 bits per heavy atom. The van der Waals surface area contributed by atoms with Crippen molar-refractivity contribution in [3.8, 4) is 5.75 Å². The molecule has 0 bridgehead atoms. The van der Waals surface area contributed by atoms with Gasteiger partial charge in [0.1, 0.15) is 5.75 Å². The number of benzene rings is 1. The van der Waals surface area contributed by atoms with Crippen LogP contribution in [0.3, 0.4) is 0 Å². The lowest BCUT2D eigenvalue weighted by Gasteiger charge is -2.08. The molecule has 1 aromatic carbocycles. The number of hydrogen-bond donors (Lipinski definition) is 1. The predicted octanol–water partition coefficient (Wildman–Crippen LogP) is 4.21. The van der Waals surface area contributed by atoms with E-state index in [-0.39, 0.29) is 0 Å². The molecule has 108 valence electrons. The molecule has 2 aromatic rings. The van der Waals surface area contributed by atoms with Gasteiger partial charge in [-0.3, -0.25) is 0 Å². The first-order chi connectivity index (χ1) is 9.54. The van der Waals surface area contributed by atoms with Gasteiger partial charge < -0.3 is 10.5 Å². The molecule has 1 heterocycles. The van der Waals surface area contributed by atoms with Crippen LogP contribution in [-0.2, 0) is 0 Å². The van der Waals surface area contributed by atoms with E-state index in [1.165, 1.54) is 15.3 Å². The van der Waals surface area contributed by atoms with Crippen molar-refractivity contribution < 1.29 is 4.74 Å². The van der Waals surface area contributed by atoms with Crippen molar-refractivity contribution in [3.05, 3.63) is 35.0 Å². The first-order valence-corrected chi connectivity index (χ1v) is 8.41. The van der Waals surface area contributed by atoms with Crippen molar-refractivity contribution in [1.29, 1.82) is 0 Å². The first-order valence-electron chi connectivity index (χ1n) is 6.61. The van der Waals surface area contributed by atoms with Crippen LogP contribution in [-0.4, -0.2) is 17.3 Å². The van der Waals surface area contributed by atoms with E-state index in [0.717, 1.165) is 30.2 Å². The van der Waals surface area contributed by atoms with Gasteiger partial charge in [0.15, 0.2) is 5.13 Å². The van der Waals surface area contributed by atoms with Crippen LogP contribution in [0.2, 0.25) is 0 Å². The number of nitrogens with zero attached hydrogens (tertiary/aromatic N) is 1. The van der Waals surface area contributed by atoms with Gasteiger partial charge in [-0.15, -0.1) is 11.8 Å². The molecule has 0 amide bonds. The minimum atomic E-state index is 0.650. The fourth-order valence-electron chi connectivity index (χ4n) is 1.97. The van der Waals surface area contributed by atoms with E-state index < -0.39 is 0 Å². The van der Waals surface area contributed by atoms with Crippen LogP contribution in [0.25, 0.3) is 0 Å². The molecule has 1 aromatic heterocycles. The highest BCUT2D eigenvalue weighted by Crippen LogP contribution is 2.30. The van der Waals surface area contributed by atoms with Crippen LogP contribution < -0.4 is 10.5 Å². The van der Waals surface area contributed by atoms with Gasteiger partial charge in [-0.2, -0.15) is 0 Å². The summed E-state index contributed by atoms with van der Waals surface area (Å²) >= 11 is 3.37. The van der Waals surface area contributed by atoms with Gasteiger partial charge in [0, 0.05) is 5.75 Å². The van der Waals surface area contributed by atoms with Crippen LogP contribution in [0, 0.1) is 20.8 Å². The quantitative estimate of drug-likeness (QED) is 0.641. The highest BCUT2D eigenvalue weighted by molar-refractivity contribution is 8.01. The minimum Gasteiger partial charge on any atom is -0.494 e. The topological polar surface area (TPSA) is 48.1 Å². The number of ether oxygens (including phenoxy) is 1. The van der Waals surface area contributed by atoms with E-state index in [9.17, 15) is 0 Å². The highest BCUT2D eigenvalue weighted by atomic mass is 32.2. The Kier molecular flexibility index (Phi) is 5.31. The number of aromatic nitrogens is 1. The fourth-order valence-corrected chi connectivity index (χ4v) is 3.98. The van der Waals surface area contributed by atoms with Crippen LogP contribution >= 0.6 is 23.1 Å². The number of anilines is 1. The molecule has 0 radical (unpaired) electrons. The van der Waals surface area contributed by atoms with Gasteiger partial charge in [0.2, 0.25) is 0 Å². The molecule has 0 saturated carbocycles. The van der Waals surface area contributed by atoms with Gasteiger partial charge in [0.05, 0.1) is 16.5 Å². The largest absolute Gasteiger partial charge is 0.494 e. The van der Waals surface area contributed by atoms with E-state index in [1.54, 1.807) is 23.1 Å². The second kappa shape index (κ2) is 6.99. The third-order valence-corrected chi connectivity index (χ3v) is 5.19. The summed E-state index contributed by atoms with van der Waals surface area (Å²) in [5.74, 6) is 1.98. The fraction of sp³-hybridized carbons (Fsp3) is 0.400. The first kappa shape index (κ1) is 15.2. The summed E-state index contributed by atoms with van der Waals surface area (Å²) in [6, 6.07) is 6.31. The number of rotatable bonds is 6. The molecule has 2 N–H and O–H groups in total. The minimum absolute atomic E-state index is 0.650. The van der Waals surface area contributed by atoms with Gasteiger partial charge in [-0.1, -0.05) is 17.4 Å². The van der Waals surface area contributed by atoms with Crippen LogP contribution in [0.15, 0.2) is 22.4 Å². The molecule has 3 nitrogen and oxygen atoms in total. The number of thiazole rings is 1. The van der Waals surface area contributed by atoms with Crippen molar-refractivity contribution in [2.24, 2.45) is 0 Å². The summed E-state index contributed by atoms with van der Waals surface area (Å²) < 4.78 is 7.01. The molecule has 0 saturated heterocycles. The van der Waals surface area contributed by atoms with E-state index in [2.05, 4.69) is 37.0 Å². The summed E-state index contributed by atoms with van der Waals surface area (Å²) in [5, 5.41) is 0.650. The monoisotopic (exact) mass is 308 g/mol. The van der Waals surface area contributed by atoms with E-state index in [1.807, 2.05) is 6.92 Å². The van der Waals surface area contributed by atoms with Crippen molar-refractivity contribution in [2.45, 2.75) is 31.4 Å². The zero-order valence-corrected chi connectivity index (χ0v) is 13.7. The molecule has 0 atom stereocenters. The zero-order valence-electron chi connectivity index (χ0n) is 12.1. The van der Waals surface area contributed by atoms with E-state index >= 15 is 0 Å². The molecule has 2 rings (SSSR count). The lowest BCUT2D eigenvalue weighted by Crippen LogP contribution is -1.99. The van der Waals surface area contributed by atoms with Crippen LogP contribution in [0.5, 0.6) is 5.75 Å². The predicted molar refractivity (Wildman–Crippen MR) is 88.0 cm³/mol. The molecule has 0 aliphatic rings. The molecule has 5 heteroatoms. The van der Waals surface area contributed by atoms with E-state index in [0.29, 0.717) is 5.13 Å². The Bertz CT molecular complexity index is 561. The summed E-state index contributed by atoms with van der Waals surface area (Å²) in [5.41, 5.74) is 9.20. The van der Waals surface area contributed by atoms with Crippen molar-refractivity contribution in [3.63, 3.8) is 0 Å². The second-order valence-corrected chi connectivity index (χ2v) is 7.19. The second-order valence-electron chi connectivity index (χ2n) is 4.80. The maximum atomic E-state index is 5.79. The summed E-state index contributed by atoms with van der Waals surface area (Å²) in [6.07, 6.45) is 1.01. The molecule has 0 unspecified atom stereocenters.